The van der Waals surface area contributed by atoms with Crippen LogP contribution in [0.2, 0.25) is 0 Å². The minimum atomic E-state index is -0.891. The molecule has 1 N–H and O–H groups in total. The largest absolute Gasteiger partial charge is 0.478 e. The first-order chi connectivity index (χ1) is 6.88. The second-order valence-electron chi connectivity index (χ2n) is 3.55. The molecular formula is C13H18O2. The van der Waals surface area contributed by atoms with Gasteiger partial charge in [0.05, 0.1) is 0 Å². The van der Waals surface area contributed by atoms with Gasteiger partial charge in [-0.05, 0) is 44.9 Å². The molecular weight excluding hydrogens is 188 g/mol. The Kier molecular flexibility index (Phi) is 5.39. The van der Waals surface area contributed by atoms with Crippen LogP contribution >= 0.6 is 0 Å². The summed E-state index contributed by atoms with van der Waals surface area (Å²) in [6.45, 7) is 11.1. The van der Waals surface area contributed by atoms with E-state index in [2.05, 4.69) is 6.58 Å². The second-order valence-corrected chi connectivity index (χ2v) is 3.55. The van der Waals surface area contributed by atoms with Crippen molar-refractivity contribution >= 4 is 5.97 Å². The van der Waals surface area contributed by atoms with E-state index in [1.807, 2.05) is 32.9 Å². The van der Waals surface area contributed by atoms with Gasteiger partial charge in [0.2, 0.25) is 0 Å². The number of carboxylic acid groups (broad SMARTS) is 1. The van der Waals surface area contributed by atoms with Gasteiger partial charge in [0.15, 0.2) is 0 Å². The number of carbonyl (C=O) groups is 1. The third kappa shape index (κ3) is 5.01. The molecule has 0 aromatic carbocycles. The molecule has 0 heterocycles. The van der Waals surface area contributed by atoms with E-state index >= 15 is 0 Å². The lowest BCUT2D eigenvalue weighted by atomic mass is 10.0. The third-order valence-corrected chi connectivity index (χ3v) is 1.94. The van der Waals surface area contributed by atoms with Crippen molar-refractivity contribution < 1.29 is 9.90 Å². The average molecular weight is 206 g/mol. The van der Waals surface area contributed by atoms with Gasteiger partial charge in [0.25, 0.3) is 0 Å². The Morgan fingerprint density at radius 2 is 1.67 bits per heavy atom. The maximum absolute atomic E-state index is 10.7. The van der Waals surface area contributed by atoms with Crippen LogP contribution < -0.4 is 0 Å². The normalized spacial score (nSPS) is 14.0. The van der Waals surface area contributed by atoms with Crippen LogP contribution in [0.3, 0.4) is 0 Å². The Bertz CT molecular complexity index is 355. The monoisotopic (exact) mass is 206 g/mol. The minimum absolute atomic E-state index is 0.331. The summed E-state index contributed by atoms with van der Waals surface area (Å²) in [6.07, 6.45) is 5.49. The van der Waals surface area contributed by atoms with Crippen LogP contribution in [-0.2, 0) is 4.79 Å². The first-order valence-electron chi connectivity index (χ1n) is 4.80. The zero-order valence-electron chi connectivity index (χ0n) is 9.79. The number of aliphatic carboxylic acids is 1. The van der Waals surface area contributed by atoms with Gasteiger partial charge in [-0.15, -0.1) is 0 Å². The van der Waals surface area contributed by atoms with Crippen LogP contribution in [-0.4, -0.2) is 11.1 Å². The van der Waals surface area contributed by atoms with Gasteiger partial charge in [-0.2, -0.15) is 0 Å². The van der Waals surface area contributed by atoms with Gasteiger partial charge >= 0.3 is 5.97 Å². The average Bonchev–Trinajstić information content (AvgIpc) is 2.11. The Hall–Kier alpha value is -1.57. The van der Waals surface area contributed by atoms with Crippen molar-refractivity contribution in [3.8, 4) is 0 Å². The number of hydrogen-bond donors (Lipinski definition) is 1. The highest BCUT2D eigenvalue weighted by Gasteiger charge is 2.02. The predicted octanol–water partition coefficient (Wildman–Crippen LogP) is 3.49. The molecule has 0 rings (SSSR count). The maximum atomic E-state index is 10.7. The zero-order chi connectivity index (χ0) is 12.0. The standard InChI is InChI=1S/C13H18O2/c1-6-12(8-11(5)13(14)15)10(4)7-9(2)3/h6-8H,2H2,1,3-5H3,(H,14,15)/b10-7-,11-8+,12-6-. The van der Waals surface area contributed by atoms with E-state index < -0.39 is 5.97 Å². The molecule has 0 aromatic rings. The quantitative estimate of drug-likeness (QED) is 0.564. The van der Waals surface area contributed by atoms with E-state index in [-0.39, 0.29) is 0 Å². The second kappa shape index (κ2) is 6.02. The van der Waals surface area contributed by atoms with Crippen molar-refractivity contribution in [3.63, 3.8) is 0 Å². The molecule has 0 amide bonds. The van der Waals surface area contributed by atoms with Gasteiger partial charge in [-0.25, -0.2) is 4.79 Å². The molecule has 0 atom stereocenters. The lowest BCUT2D eigenvalue weighted by Gasteiger charge is -2.03. The molecule has 15 heavy (non-hydrogen) atoms. The van der Waals surface area contributed by atoms with E-state index in [0.717, 1.165) is 16.7 Å². The Morgan fingerprint density at radius 3 is 2.00 bits per heavy atom. The van der Waals surface area contributed by atoms with Gasteiger partial charge in [-0.1, -0.05) is 24.3 Å². The molecule has 0 saturated heterocycles. The van der Waals surface area contributed by atoms with Gasteiger partial charge < -0.3 is 5.11 Å². The summed E-state index contributed by atoms with van der Waals surface area (Å²) in [5.74, 6) is -0.891. The maximum Gasteiger partial charge on any atom is 0.331 e. The molecule has 0 bridgehead atoms. The Morgan fingerprint density at radius 1 is 1.13 bits per heavy atom. The van der Waals surface area contributed by atoms with Crippen LogP contribution in [0.25, 0.3) is 0 Å². The summed E-state index contributed by atoms with van der Waals surface area (Å²) in [6, 6.07) is 0. The molecule has 0 aromatic heterocycles. The van der Waals surface area contributed by atoms with Gasteiger partial charge in [0.1, 0.15) is 0 Å². The molecule has 0 unspecified atom stereocenters. The molecule has 0 spiro atoms. The molecule has 0 radical (unpaired) electrons. The van der Waals surface area contributed by atoms with E-state index in [0.29, 0.717) is 5.57 Å². The van der Waals surface area contributed by atoms with Crippen molar-refractivity contribution in [2.45, 2.75) is 27.7 Å². The number of carboxylic acids is 1. The van der Waals surface area contributed by atoms with E-state index in [1.165, 1.54) is 0 Å². The van der Waals surface area contributed by atoms with E-state index in [4.69, 9.17) is 5.11 Å². The fraction of sp³-hybridized carbons (Fsp3) is 0.308. The molecule has 0 saturated carbocycles. The molecule has 0 fully saturated rings. The number of hydrogen-bond acceptors (Lipinski definition) is 1. The van der Waals surface area contributed by atoms with Gasteiger partial charge in [-0.3, -0.25) is 0 Å². The SMILES string of the molecule is C=C(C)\C=C(C)/C(=C\C)/C=C(\C)C(=O)O. The van der Waals surface area contributed by atoms with Crippen LogP contribution in [0.1, 0.15) is 27.7 Å². The van der Waals surface area contributed by atoms with Gasteiger partial charge in [0, 0.05) is 5.57 Å². The topological polar surface area (TPSA) is 37.3 Å². The third-order valence-electron chi connectivity index (χ3n) is 1.94. The fourth-order valence-electron chi connectivity index (χ4n) is 1.17. The van der Waals surface area contributed by atoms with E-state index in [9.17, 15) is 4.79 Å². The van der Waals surface area contributed by atoms with Crippen LogP contribution in [0.15, 0.2) is 47.1 Å². The van der Waals surface area contributed by atoms with Crippen molar-refractivity contribution in [2.24, 2.45) is 0 Å². The number of allylic oxidation sites excluding steroid dienone is 6. The van der Waals surface area contributed by atoms with Crippen LogP contribution in [0.5, 0.6) is 0 Å². The molecule has 0 aliphatic rings. The highest BCUT2D eigenvalue weighted by Crippen LogP contribution is 2.15. The summed E-state index contributed by atoms with van der Waals surface area (Å²) in [4.78, 5) is 10.7. The first kappa shape index (κ1) is 13.4. The molecule has 2 nitrogen and oxygen atoms in total. The number of rotatable bonds is 4. The zero-order valence-corrected chi connectivity index (χ0v) is 9.79. The van der Waals surface area contributed by atoms with Crippen molar-refractivity contribution in [1.29, 1.82) is 0 Å². The predicted molar refractivity (Wildman–Crippen MR) is 63.7 cm³/mol. The summed E-state index contributed by atoms with van der Waals surface area (Å²) < 4.78 is 0. The van der Waals surface area contributed by atoms with Crippen molar-refractivity contribution in [1.82, 2.24) is 0 Å². The van der Waals surface area contributed by atoms with Crippen LogP contribution in [0.4, 0.5) is 0 Å². The van der Waals surface area contributed by atoms with Crippen LogP contribution in [0, 0.1) is 0 Å². The summed E-state index contributed by atoms with van der Waals surface area (Å²) >= 11 is 0. The molecule has 0 aliphatic carbocycles. The van der Waals surface area contributed by atoms with Crippen molar-refractivity contribution in [2.75, 3.05) is 0 Å². The smallest absolute Gasteiger partial charge is 0.331 e. The lowest BCUT2D eigenvalue weighted by Crippen LogP contribution is -1.97. The summed E-state index contributed by atoms with van der Waals surface area (Å²) in [5, 5.41) is 8.76. The molecule has 82 valence electrons. The highest BCUT2D eigenvalue weighted by atomic mass is 16.4. The Labute approximate surface area is 91.3 Å². The Balaban J connectivity index is 5.06. The lowest BCUT2D eigenvalue weighted by molar-refractivity contribution is -0.132. The summed E-state index contributed by atoms with van der Waals surface area (Å²) in [7, 11) is 0. The molecule has 2 heteroatoms. The first-order valence-corrected chi connectivity index (χ1v) is 4.80. The fourth-order valence-corrected chi connectivity index (χ4v) is 1.17. The minimum Gasteiger partial charge on any atom is -0.478 e. The highest BCUT2D eigenvalue weighted by molar-refractivity contribution is 5.86. The summed E-state index contributed by atoms with van der Waals surface area (Å²) in [5.41, 5.74) is 3.22. The van der Waals surface area contributed by atoms with Crippen molar-refractivity contribution in [3.05, 3.63) is 47.1 Å². The molecule has 0 aliphatic heterocycles. The van der Waals surface area contributed by atoms with E-state index in [1.54, 1.807) is 13.0 Å².